The first-order valence-corrected chi connectivity index (χ1v) is 5.32. The Kier molecular flexibility index (Phi) is 45.7. The molecule has 0 amide bonds. The molecule has 0 nitrogen and oxygen atoms in total. The summed E-state index contributed by atoms with van der Waals surface area (Å²) < 4.78 is 0. The average molecular weight is 172 g/mol. The van der Waals surface area contributed by atoms with Crippen molar-refractivity contribution in [1.82, 2.24) is 0 Å². The Balaban J connectivity index is -0.000000101. The molecular weight excluding hydrogens is 144 g/mol. The second-order valence-corrected chi connectivity index (χ2v) is 2.67. The third-order valence-electron chi connectivity index (χ3n) is 1.33. The summed E-state index contributed by atoms with van der Waals surface area (Å²) in [6, 6.07) is 0. The SMILES string of the molecule is CC=CC.CCCC.CCCC. The number of hydrogen-bond donors (Lipinski definition) is 0. The van der Waals surface area contributed by atoms with E-state index in [1.807, 2.05) is 26.0 Å². The summed E-state index contributed by atoms with van der Waals surface area (Å²) in [7, 11) is 0. The minimum Gasteiger partial charge on any atom is -0.0919 e. The molecule has 0 radical (unpaired) electrons. The van der Waals surface area contributed by atoms with Crippen LogP contribution in [-0.4, -0.2) is 0 Å². The zero-order valence-electron chi connectivity index (χ0n) is 9.98. The molecule has 0 unspecified atom stereocenters. The maximum absolute atomic E-state index is 2.18. The van der Waals surface area contributed by atoms with Crippen LogP contribution >= 0.6 is 0 Å². The van der Waals surface area contributed by atoms with Crippen LogP contribution in [0.2, 0.25) is 0 Å². The van der Waals surface area contributed by atoms with Crippen molar-refractivity contribution in [3.8, 4) is 0 Å². The summed E-state index contributed by atoms with van der Waals surface area (Å²) in [6.45, 7) is 12.7. The van der Waals surface area contributed by atoms with Crippen molar-refractivity contribution in [3.05, 3.63) is 12.2 Å². The number of unbranched alkanes of at least 4 members (excludes halogenated alkanes) is 2. The molecule has 76 valence electrons. The molecule has 0 aromatic rings. The third kappa shape index (κ3) is 99.1. The lowest BCUT2D eigenvalue weighted by Gasteiger charge is -1.68. The van der Waals surface area contributed by atoms with E-state index in [1.54, 1.807) is 0 Å². The predicted octanol–water partition coefficient (Wildman–Crippen LogP) is 5.20. The van der Waals surface area contributed by atoms with Crippen LogP contribution in [0.15, 0.2) is 12.2 Å². The van der Waals surface area contributed by atoms with E-state index in [0.29, 0.717) is 0 Å². The van der Waals surface area contributed by atoms with Gasteiger partial charge in [-0.25, -0.2) is 0 Å². The molecule has 0 aliphatic carbocycles. The van der Waals surface area contributed by atoms with E-state index in [9.17, 15) is 0 Å². The second-order valence-electron chi connectivity index (χ2n) is 2.67. The molecule has 0 aromatic carbocycles. The minimum atomic E-state index is 1.32. The fourth-order valence-electron chi connectivity index (χ4n) is 0. The second kappa shape index (κ2) is 30.9. The molecule has 0 fully saturated rings. The highest BCUT2D eigenvalue weighted by Crippen LogP contribution is 1.77. The van der Waals surface area contributed by atoms with Gasteiger partial charge in [0.15, 0.2) is 0 Å². The fourth-order valence-corrected chi connectivity index (χ4v) is 0. The van der Waals surface area contributed by atoms with Crippen molar-refractivity contribution < 1.29 is 0 Å². The Bertz CT molecular complexity index is 41.1. The van der Waals surface area contributed by atoms with Crippen molar-refractivity contribution in [2.45, 2.75) is 67.2 Å². The van der Waals surface area contributed by atoms with Crippen LogP contribution in [0.4, 0.5) is 0 Å². The molecule has 0 rings (SSSR count). The van der Waals surface area contributed by atoms with Crippen LogP contribution in [0.3, 0.4) is 0 Å². The standard InChI is InChI=1S/2C4H10.C4H8/c3*1-3-4-2/h2*3-4H2,1-2H3;3-4H,1-2H3. The van der Waals surface area contributed by atoms with E-state index in [4.69, 9.17) is 0 Å². The van der Waals surface area contributed by atoms with Crippen LogP contribution in [-0.2, 0) is 0 Å². The Morgan fingerprint density at radius 1 is 0.583 bits per heavy atom. The van der Waals surface area contributed by atoms with Gasteiger partial charge in [0.25, 0.3) is 0 Å². The highest BCUT2D eigenvalue weighted by molar-refractivity contribution is 4.68. The first-order valence-electron chi connectivity index (χ1n) is 5.32. The van der Waals surface area contributed by atoms with Gasteiger partial charge in [-0.2, -0.15) is 0 Å². The molecular formula is C12H28. The maximum Gasteiger partial charge on any atom is -0.0470 e. The summed E-state index contributed by atoms with van der Waals surface area (Å²) in [5.74, 6) is 0. The smallest absolute Gasteiger partial charge is 0.0470 e. The summed E-state index contributed by atoms with van der Waals surface area (Å²) >= 11 is 0. The van der Waals surface area contributed by atoms with Gasteiger partial charge in [-0.1, -0.05) is 65.5 Å². The van der Waals surface area contributed by atoms with E-state index >= 15 is 0 Å². The maximum atomic E-state index is 2.18. The molecule has 0 aliphatic heterocycles. The van der Waals surface area contributed by atoms with E-state index in [-0.39, 0.29) is 0 Å². The molecule has 0 bridgehead atoms. The Morgan fingerprint density at radius 2 is 0.750 bits per heavy atom. The monoisotopic (exact) mass is 172 g/mol. The van der Waals surface area contributed by atoms with Gasteiger partial charge < -0.3 is 0 Å². The van der Waals surface area contributed by atoms with Gasteiger partial charge in [-0.3, -0.25) is 0 Å². The zero-order valence-corrected chi connectivity index (χ0v) is 9.98. The Morgan fingerprint density at radius 3 is 0.750 bits per heavy atom. The normalized spacial score (nSPS) is 8.17. The molecule has 0 saturated heterocycles. The molecule has 0 saturated carbocycles. The summed E-state index contributed by atoms with van der Waals surface area (Å²) in [4.78, 5) is 0. The van der Waals surface area contributed by atoms with Crippen LogP contribution in [0.5, 0.6) is 0 Å². The van der Waals surface area contributed by atoms with Gasteiger partial charge in [-0.15, -0.1) is 0 Å². The molecule has 0 heteroatoms. The van der Waals surface area contributed by atoms with Crippen molar-refractivity contribution in [2.24, 2.45) is 0 Å². The lowest BCUT2D eigenvalue weighted by Crippen LogP contribution is -1.47. The first-order chi connectivity index (χ1) is 5.74. The molecule has 0 spiro atoms. The average Bonchev–Trinajstić information content (AvgIpc) is 2.18. The van der Waals surface area contributed by atoms with Crippen molar-refractivity contribution in [3.63, 3.8) is 0 Å². The Labute approximate surface area is 80.1 Å². The summed E-state index contributed by atoms with van der Waals surface area (Å²) in [5.41, 5.74) is 0. The van der Waals surface area contributed by atoms with Crippen molar-refractivity contribution in [2.75, 3.05) is 0 Å². The van der Waals surface area contributed by atoms with Crippen molar-refractivity contribution >= 4 is 0 Å². The lowest BCUT2D eigenvalue weighted by molar-refractivity contribution is 0.886. The molecule has 0 aliphatic rings. The van der Waals surface area contributed by atoms with E-state index in [2.05, 4.69) is 27.7 Å². The molecule has 0 N–H and O–H groups in total. The number of allylic oxidation sites excluding steroid dienone is 2. The molecule has 0 aromatic heterocycles. The third-order valence-corrected chi connectivity index (χ3v) is 1.33. The minimum absolute atomic E-state index is 1.32. The van der Waals surface area contributed by atoms with Crippen LogP contribution in [0.1, 0.15) is 67.2 Å². The van der Waals surface area contributed by atoms with E-state index < -0.39 is 0 Å². The van der Waals surface area contributed by atoms with Gasteiger partial charge in [0.1, 0.15) is 0 Å². The highest BCUT2D eigenvalue weighted by atomic mass is 13.6. The molecule has 0 atom stereocenters. The fraction of sp³-hybridized carbons (Fsp3) is 0.833. The molecule has 0 heterocycles. The highest BCUT2D eigenvalue weighted by Gasteiger charge is 1.56. The first kappa shape index (κ1) is 17.7. The predicted molar refractivity (Wildman–Crippen MR) is 61.7 cm³/mol. The van der Waals surface area contributed by atoms with Crippen molar-refractivity contribution in [1.29, 1.82) is 0 Å². The number of rotatable bonds is 2. The zero-order chi connectivity index (χ0) is 10.2. The van der Waals surface area contributed by atoms with Gasteiger partial charge in [-0.05, 0) is 13.8 Å². The van der Waals surface area contributed by atoms with Crippen LogP contribution in [0.25, 0.3) is 0 Å². The van der Waals surface area contributed by atoms with Gasteiger partial charge in [0, 0.05) is 0 Å². The summed E-state index contributed by atoms with van der Waals surface area (Å²) in [6.07, 6.45) is 9.28. The van der Waals surface area contributed by atoms with E-state index in [1.165, 1.54) is 25.7 Å². The van der Waals surface area contributed by atoms with Crippen LogP contribution in [0, 0.1) is 0 Å². The molecule has 12 heavy (non-hydrogen) atoms. The van der Waals surface area contributed by atoms with E-state index in [0.717, 1.165) is 0 Å². The summed E-state index contributed by atoms with van der Waals surface area (Å²) in [5, 5.41) is 0. The number of hydrogen-bond acceptors (Lipinski definition) is 0. The lowest BCUT2D eigenvalue weighted by atomic mass is 10.4. The quantitative estimate of drug-likeness (QED) is 0.502. The van der Waals surface area contributed by atoms with Crippen LogP contribution < -0.4 is 0 Å². The Hall–Kier alpha value is -0.260. The largest absolute Gasteiger partial charge is 0.0919 e. The van der Waals surface area contributed by atoms with Gasteiger partial charge in [0.05, 0.1) is 0 Å². The van der Waals surface area contributed by atoms with Gasteiger partial charge >= 0.3 is 0 Å². The van der Waals surface area contributed by atoms with Gasteiger partial charge in [0.2, 0.25) is 0 Å². The topological polar surface area (TPSA) is 0 Å².